The Balaban J connectivity index is 1.78. The molecular weight excluding hydrogens is 428 g/mol. The molecule has 1 amide bonds. The number of ether oxygens (including phenoxy) is 1. The maximum atomic E-state index is 13.2. The van der Waals surface area contributed by atoms with Crippen LogP contribution in [0.2, 0.25) is 0 Å². The van der Waals surface area contributed by atoms with E-state index in [0.717, 1.165) is 42.7 Å². The van der Waals surface area contributed by atoms with Gasteiger partial charge in [0.15, 0.2) is 0 Å². The third-order valence-electron chi connectivity index (χ3n) is 6.65. The van der Waals surface area contributed by atoms with E-state index in [1.807, 2.05) is 50.5 Å². The van der Waals surface area contributed by atoms with Gasteiger partial charge in [0.1, 0.15) is 11.5 Å². The number of carbonyl (C=O) groups is 2. The van der Waals surface area contributed by atoms with Crippen LogP contribution >= 0.6 is 0 Å². The van der Waals surface area contributed by atoms with Gasteiger partial charge in [0.05, 0.1) is 18.2 Å². The fourth-order valence-electron chi connectivity index (χ4n) is 4.74. The van der Waals surface area contributed by atoms with Gasteiger partial charge in [-0.2, -0.15) is 0 Å². The van der Waals surface area contributed by atoms with Crippen LogP contribution in [0.5, 0.6) is 5.75 Å². The van der Waals surface area contributed by atoms with E-state index < -0.39 is 17.7 Å². The summed E-state index contributed by atoms with van der Waals surface area (Å²) in [4.78, 5) is 30.0. The lowest BCUT2D eigenvalue weighted by Crippen LogP contribution is -2.32. The average molecular weight is 463 g/mol. The minimum absolute atomic E-state index is 0.125. The molecule has 6 nitrogen and oxygen atoms in total. The van der Waals surface area contributed by atoms with Gasteiger partial charge in [-0.3, -0.25) is 9.59 Å². The summed E-state index contributed by atoms with van der Waals surface area (Å²) in [6.45, 7) is 6.17. The number of hydrogen-bond donors (Lipinski definition) is 1. The number of rotatable bonds is 7. The van der Waals surface area contributed by atoms with Gasteiger partial charge < -0.3 is 19.6 Å². The molecule has 0 spiro atoms. The second-order valence-corrected chi connectivity index (χ2v) is 9.75. The molecule has 6 heteroatoms. The van der Waals surface area contributed by atoms with Crippen molar-refractivity contribution >= 4 is 17.4 Å². The van der Waals surface area contributed by atoms with Gasteiger partial charge in [-0.1, -0.05) is 38.1 Å². The molecule has 1 atom stereocenters. The summed E-state index contributed by atoms with van der Waals surface area (Å²) in [7, 11) is 3.96. The molecule has 1 unspecified atom stereocenters. The highest BCUT2D eigenvalue weighted by Gasteiger charge is 2.45. The smallest absolute Gasteiger partial charge is 0.295 e. The zero-order chi connectivity index (χ0) is 24.4. The molecule has 4 rings (SSSR count). The van der Waals surface area contributed by atoms with Crippen molar-refractivity contribution < 1.29 is 19.4 Å². The molecule has 1 fully saturated rings. The predicted molar refractivity (Wildman–Crippen MR) is 133 cm³/mol. The van der Waals surface area contributed by atoms with E-state index in [-0.39, 0.29) is 11.3 Å². The second kappa shape index (κ2) is 10.0. The Hall–Kier alpha value is -3.12. The first-order chi connectivity index (χ1) is 16.3. The zero-order valence-electron chi connectivity index (χ0n) is 20.5. The molecule has 2 aromatic rings. The van der Waals surface area contributed by atoms with E-state index in [1.165, 1.54) is 5.56 Å². The van der Waals surface area contributed by atoms with Gasteiger partial charge >= 0.3 is 0 Å². The molecule has 2 aliphatic rings. The van der Waals surface area contributed by atoms with Crippen LogP contribution in [0.4, 0.5) is 0 Å². The van der Waals surface area contributed by atoms with Gasteiger partial charge in [-0.05, 0) is 80.7 Å². The zero-order valence-corrected chi connectivity index (χ0v) is 20.5. The number of Topliss-reactive ketones (excluding diaryl/α,β-unsaturated/α-hetero) is 1. The van der Waals surface area contributed by atoms with Gasteiger partial charge in [-0.15, -0.1) is 0 Å². The Kier molecular flexibility index (Phi) is 7.08. The van der Waals surface area contributed by atoms with Crippen molar-refractivity contribution in [2.75, 3.05) is 33.8 Å². The quantitative estimate of drug-likeness (QED) is 0.373. The number of ketones is 1. The normalized spacial score (nSPS) is 19.6. The van der Waals surface area contributed by atoms with Crippen molar-refractivity contribution in [1.82, 2.24) is 9.80 Å². The highest BCUT2D eigenvalue weighted by Crippen LogP contribution is 2.40. The molecular formula is C28H34N2O4. The Bertz CT molecular complexity index is 1100. The second-order valence-electron chi connectivity index (χ2n) is 9.75. The van der Waals surface area contributed by atoms with Gasteiger partial charge in [0.25, 0.3) is 11.7 Å². The van der Waals surface area contributed by atoms with Crippen LogP contribution in [0.1, 0.15) is 60.9 Å². The van der Waals surface area contributed by atoms with E-state index in [1.54, 1.807) is 11.0 Å². The van der Waals surface area contributed by atoms with E-state index in [0.29, 0.717) is 24.6 Å². The number of benzene rings is 2. The summed E-state index contributed by atoms with van der Waals surface area (Å²) >= 11 is 0. The topological polar surface area (TPSA) is 70.1 Å². The Labute approximate surface area is 201 Å². The van der Waals surface area contributed by atoms with E-state index in [2.05, 4.69) is 18.7 Å². The SMILES string of the molecule is CC(C)c1ccc(C2/C(=C(/O)c3ccc4c(c3)CCCO4)C(=O)C(=O)N2CCCN(C)C)cc1. The monoisotopic (exact) mass is 462 g/mol. The van der Waals surface area contributed by atoms with Crippen molar-refractivity contribution in [2.45, 2.75) is 45.1 Å². The molecule has 0 aliphatic carbocycles. The molecule has 1 saturated heterocycles. The van der Waals surface area contributed by atoms with Crippen molar-refractivity contribution in [2.24, 2.45) is 0 Å². The number of nitrogens with zero attached hydrogens (tertiary/aromatic N) is 2. The Morgan fingerprint density at radius 2 is 1.88 bits per heavy atom. The molecule has 1 N–H and O–H groups in total. The van der Waals surface area contributed by atoms with Crippen LogP contribution in [0, 0.1) is 0 Å². The largest absolute Gasteiger partial charge is 0.507 e. The summed E-state index contributed by atoms with van der Waals surface area (Å²) in [6, 6.07) is 12.9. The summed E-state index contributed by atoms with van der Waals surface area (Å²) in [5, 5.41) is 11.3. The van der Waals surface area contributed by atoms with Crippen molar-refractivity contribution in [3.05, 3.63) is 70.3 Å². The van der Waals surface area contributed by atoms with Crippen LogP contribution < -0.4 is 4.74 Å². The fraction of sp³-hybridized carbons (Fsp3) is 0.429. The maximum Gasteiger partial charge on any atom is 0.295 e. The summed E-state index contributed by atoms with van der Waals surface area (Å²) in [6.07, 6.45) is 2.50. The number of likely N-dealkylation sites (tertiary alicyclic amines) is 1. The number of hydrogen-bond acceptors (Lipinski definition) is 5. The number of amides is 1. The minimum atomic E-state index is -0.630. The lowest BCUT2D eigenvalue weighted by molar-refractivity contribution is -0.139. The van der Waals surface area contributed by atoms with E-state index in [4.69, 9.17) is 4.74 Å². The van der Waals surface area contributed by atoms with Crippen molar-refractivity contribution in [1.29, 1.82) is 0 Å². The molecule has 2 heterocycles. The number of carbonyl (C=O) groups excluding carboxylic acids is 2. The number of aliphatic hydroxyl groups excluding tert-OH is 1. The van der Waals surface area contributed by atoms with E-state index in [9.17, 15) is 14.7 Å². The number of fused-ring (bicyclic) bond motifs is 1. The maximum absolute atomic E-state index is 13.2. The number of aryl methyl sites for hydroxylation is 1. The van der Waals surface area contributed by atoms with Crippen LogP contribution in [0.3, 0.4) is 0 Å². The Morgan fingerprint density at radius 3 is 2.56 bits per heavy atom. The number of aliphatic hydroxyl groups is 1. The molecule has 2 aromatic carbocycles. The molecule has 0 aromatic heterocycles. The average Bonchev–Trinajstić information content (AvgIpc) is 3.08. The molecule has 0 bridgehead atoms. The van der Waals surface area contributed by atoms with Crippen LogP contribution in [0.15, 0.2) is 48.0 Å². The predicted octanol–water partition coefficient (Wildman–Crippen LogP) is 4.51. The summed E-state index contributed by atoms with van der Waals surface area (Å²) in [5.41, 5.74) is 3.72. The Morgan fingerprint density at radius 1 is 1.15 bits per heavy atom. The fourth-order valence-corrected chi connectivity index (χ4v) is 4.74. The first-order valence-electron chi connectivity index (χ1n) is 12.1. The lowest BCUT2D eigenvalue weighted by atomic mass is 9.92. The highest BCUT2D eigenvalue weighted by molar-refractivity contribution is 6.46. The van der Waals surface area contributed by atoms with Gasteiger partial charge in [-0.25, -0.2) is 0 Å². The van der Waals surface area contributed by atoms with Gasteiger partial charge in [0, 0.05) is 12.1 Å². The third-order valence-corrected chi connectivity index (χ3v) is 6.65. The third kappa shape index (κ3) is 4.73. The highest BCUT2D eigenvalue weighted by atomic mass is 16.5. The summed E-state index contributed by atoms with van der Waals surface area (Å²) < 4.78 is 5.69. The molecule has 0 radical (unpaired) electrons. The lowest BCUT2D eigenvalue weighted by Gasteiger charge is -2.26. The molecule has 0 saturated carbocycles. The molecule has 180 valence electrons. The first kappa shape index (κ1) is 24.0. The standard InChI is InChI=1S/C28H34N2O4/c1-18(2)19-8-10-20(11-9-19)25-24(27(32)28(33)30(25)15-6-14-29(3)4)26(31)22-12-13-23-21(17-22)7-5-16-34-23/h8-13,17-18,25,31H,5-7,14-16H2,1-4H3/b26-24-. The van der Waals surface area contributed by atoms with Crippen LogP contribution in [0.25, 0.3) is 5.76 Å². The van der Waals surface area contributed by atoms with Gasteiger partial charge in [0.2, 0.25) is 0 Å². The van der Waals surface area contributed by atoms with Crippen molar-refractivity contribution in [3.8, 4) is 5.75 Å². The van der Waals surface area contributed by atoms with Crippen LogP contribution in [-0.2, 0) is 16.0 Å². The van der Waals surface area contributed by atoms with Crippen molar-refractivity contribution in [3.63, 3.8) is 0 Å². The van der Waals surface area contributed by atoms with Crippen LogP contribution in [-0.4, -0.2) is 60.4 Å². The molecule has 34 heavy (non-hydrogen) atoms. The van der Waals surface area contributed by atoms with E-state index >= 15 is 0 Å². The summed E-state index contributed by atoms with van der Waals surface area (Å²) in [5.74, 6) is -0.125. The minimum Gasteiger partial charge on any atom is -0.507 e. The first-order valence-corrected chi connectivity index (χ1v) is 12.1. The molecule has 2 aliphatic heterocycles.